The van der Waals surface area contributed by atoms with Crippen molar-refractivity contribution in [3.8, 4) is 0 Å². The molecule has 2 aromatic rings. The summed E-state index contributed by atoms with van der Waals surface area (Å²) in [6, 6.07) is 4.10. The third kappa shape index (κ3) is 3.97. The number of amides is 2. The van der Waals surface area contributed by atoms with Crippen molar-refractivity contribution in [3.63, 3.8) is 0 Å². The molecule has 3 heterocycles. The van der Waals surface area contributed by atoms with Gasteiger partial charge in [-0.15, -0.1) is 0 Å². The van der Waals surface area contributed by atoms with Crippen LogP contribution in [0.3, 0.4) is 0 Å². The lowest BCUT2D eigenvalue weighted by Gasteiger charge is -2.35. The summed E-state index contributed by atoms with van der Waals surface area (Å²) in [5.41, 5.74) is 2.05. The number of furan rings is 1. The SMILES string of the molecule is Cc1cc(N2CCC[C@@H](NC(=O)N(C)Cc3ccoc3C)C2)n(C)n1. The summed E-state index contributed by atoms with van der Waals surface area (Å²) < 4.78 is 7.21. The van der Waals surface area contributed by atoms with E-state index in [-0.39, 0.29) is 12.1 Å². The van der Waals surface area contributed by atoms with Crippen molar-refractivity contribution in [2.24, 2.45) is 7.05 Å². The van der Waals surface area contributed by atoms with E-state index in [1.165, 1.54) is 0 Å². The molecule has 7 heteroatoms. The number of nitrogens with one attached hydrogen (secondary N) is 1. The fourth-order valence-corrected chi connectivity index (χ4v) is 3.38. The first-order valence-electron chi connectivity index (χ1n) is 8.74. The van der Waals surface area contributed by atoms with Crippen LogP contribution in [0.2, 0.25) is 0 Å². The lowest BCUT2D eigenvalue weighted by Crippen LogP contribution is -2.51. The van der Waals surface area contributed by atoms with Gasteiger partial charge >= 0.3 is 6.03 Å². The maximum absolute atomic E-state index is 12.5. The van der Waals surface area contributed by atoms with Gasteiger partial charge in [-0.3, -0.25) is 4.68 Å². The van der Waals surface area contributed by atoms with Crippen molar-refractivity contribution in [3.05, 3.63) is 35.4 Å². The molecule has 0 unspecified atom stereocenters. The van der Waals surface area contributed by atoms with E-state index < -0.39 is 0 Å². The van der Waals surface area contributed by atoms with E-state index in [0.29, 0.717) is 6.54 Å². The third-order valence-electron chi connectivity index (χ3n) is 4.77. The highest BCUT2D eigenvalue weighted by Crippen LogP contribution is 2.20. The Morgan fingerprint density at radius 1 is 1.48 bits per heavy atom. The van der Waals surface area contributed by atoms with E-state index in [9.17, 15) is 4.79 Å². The number of anilines is 1. The lowest BCUT2D eigenvalue weighted by atomic mass is 10.1. The second kappa shape index (κ2) is 7.21. The first-order chi connectivity index (χ1) is 11.9. The fraction of sp³-hybridized carbons (Fsp3) is 0.556. The molecule has 1 saturated heterocycles. The molecule has 0 saturated carbocycles. The van der Waals surface area contributed by atoms with Gasteiger partial charge in [-0.05, 0) is 32.8 Å². The molecule has 136 valence electrons. The zero-order chi connectivity index (χ0) is 18.0. The van der Waals surface area contributed by atoms with Gasteiger partial charge in [0.25, 0.3) is 0 Å². The zero-order valence-corrected chi connectivity index (χ0v) is 15.5. The van der Waals surface area contributed by atoms with Gasteiger partial charge in [0.1, 0.15) is 11.6 Å². The van der Waals surface area contributed by atoms with Crippen molar-refractivity contribution in [2.75, 3.05) is 25.0 Å². The number of hydrogen-bond acceptors (Lipinski definition) is 4. The highest BCUT2D eigenvalue weighted by atomic mass is 16.3. The maximum Gasteiger partial charge on any atom is 0.317 e. The number of hydrogen-bond donors (Lipinski definition) is 1. The summed E-state index contributed by atoms with van der Waals surface area (Å²) in [4.78, 5) is 16.5. The van der Waals surface area contributed by atoms with Gasteiger partial charge in [0.2, 0.25) is 0 Å². The maximum atomic E-state index is 12.5. The summed E-state index contributed by atoms with van der Waals surface area (Å²) in [6.45, 7) is 6.26. The highest BCUT2D eigenvalue weighted by Gasteiger charge is 2.24. The van der Waals surface area contributed by atoms with Gasteiger partial charge in [0.15, 0.2) is 0 Å². The Morgan fingerprint density at radius 3 is 2.92 bits per heavy atom. The zero-order valence-electron chi connectivity index (χ0n) is 15.5. The predicted molar refractivity (Wildman–Crippen MR) is 96.6 cm³/mol. The minimum absolute atomic E-state index is 0.0476. The second-order valence-electron chi connectivity index (χ2n) is 6.86. The van der Waals surface area contributed by atoms with Crippen molar-refractivity contribution in [1.82, 2.24) is 20.0 Å². The standard InChI is InChI=1S/C18H27N5O2/c1-13-10-17(22(4)20-13)23-8-5-6-16(12-23)19-18(24)21(3)11-15-7-9-25-14(15)2/h7,9-10,16H,5-6,8,11-12H2,1-4H3,(H,19,24)/t16-/m1/s1. The molecule has 1 N–H and O–H groups in total. The first kappa shape index (κ1) is 17.4. The number of carbonyl (C=O) groups is 1. The topological polar surface area (TPSA) is 66.5 Å². The Bertz CT molecular complexity index is 736. The number of carbonyl (C=O) groups excluding carboxylic acids is 1. The van der Waals surface area contributed by atoms with Gasteiger partial charge in [-0.25, -0.2) is 4.79 Å². The molecule has 2 aromatic heterocycles. The summed E-state index contributed by atoms with van der Waals surface area (Å²) >= 11 is 0. The van der Waals surface area contributed by atoms with E-state index >= 15 is 0 Å². The largest absolute Gasteiger partial charge is 0.469 e. The summed E-state index contributed by atoms with van der Waals surface area (Å²) in [6.07, 6.45) is 3.71. The number of aryl methyl sites for hydroxylation is 3. The van der Waals surface area contributed by atoms with Crippen LogP contribution in [-0.2, 0) is 13.6 Å². The van der Waals surface area contributed by atoms with Crippen molar-refractivity contribution < 1.29 is 9.21 Å². The van der Waals surface area contributed by atoms with Crippen LogP contribution in [-0.4, -0.2) is 46.9 Å². The molecule has 3 rings (SSSR count). The molecule has 0 radical (unpaired) electrons. The van der Waals surface area contributed by atoms with Gasteiger partial charge in [0.05, 0.1) is 18.5 Å². The minimum Gasteiger partial charge on any atom is -0.469 e. The van der Waals surface area contributed by atoms with E-state index in [0.717, 1.165) is 48.8 Å². The number of aromatic nitrogens is 2. The highest BCUT2D eigenvalue weighted by molar-refractivity contribution is 5.74. The Hall–Kier alpha value is -2.44. The van der Waals surface area contributed by atoms with E-state index in [1.807, 2.05) is 38.7 Å². The number of piperidine rings is 1. The average Bonchev–Trinajstić information content (AvgIpc) is 3.12. The Balaban J connectivity index is 1.57. The van der Waals surface area contributed by atoms with Crippen LogP contribution in [0.1, 0.15) is 29.9 Å². The number of nitrogens with zero attached hydrogens (tertiary/aromatic N) is 4. The summed E-state index contributed by atoms with van der Waals surface area (Å²) in [7, 11) is 3.78. The van der Waals surface area contributed by atoms with Crippen LogP contribution in [0.4, 0.5) is 10.6 Å². The normalized spacial score (nSPS) is 17.6. The fourth-order valence-electron chi connectivity index (χ4n) is 3.38. The van der Waals surface area contributed by atoms with Crippen LogP contribution in [0.15, 0.2) is 22.8 Å². The summed E-state index contributed by atoms with van der Waals surface area (Å²) in [5, 5.41) is 7.58. The van der Waals surface area contributed by atoms with E-state index in [1.54, 1.807) is 11.2 Å². The van der Waals surface area contributed by atoms with Gasteiger partial charge < -0.3 is 19.5 Å². The number of rotatable bonds is 4. The quantitative estimate of drug-likeness (QED) is 0.924. The first-order valence-corrected chi connectivity index (χ1v) is 8.74. The molecule has 0 aromatic carbocycles. The van der Waals surface area contributed by atoms with Gasteiger partial charge in [0, 0.05) is 44.9 Å². The predicted octanol–water partition coefficient (Wildman–Crippen LogP) is 2.44. The van der Waals surface area contributed by atoms with Crippen LogP contribution >= 0.6 is 0 Å². The van der Waals surface area contributed by atoms with Gasteiger partial charge in [-0.2, -0.15) is 5.10 Å². The molecular weight excluding hydrogens is 318 g/mol. The molecule has 0 spiro atoms. The van der Waals surface area contributed by atoms with Crippen LogP contribution in [0.25, 0.3) is 0 Å². The molecule has 7 nitrogen and oxygen atoms in total. The van der Waals surface area contributed by atoms with Crippen LogP contribution in [0.5, 0.6) is 0 Å². The average molecular weight is 345 g/mol. The minimum atomic E-state index is -0.0476. The molecular formula is C18H27N5O2. The van der Waals surface area contributed by atoms with Crippen molar-refractivity contribution >= 4 is 11.8 Å². The van der Waals surface area contributed by atoms with E-state index in [4.69, 9.17) is 4.42 Å². The Labute approximate surface area is 148 Å². The third-order valence-corrected chi connectivity index (χ3v) is 4.77. The molecule has 1 aliphatic rings. The molecule has 25 heavy (non-hydrogen) atoms. The molecule has 1 atom stereocenters. The van der Waals surface area contributed by atoms with E-state index in [2.05, 4.69) is 21.4 Å². The number of urea groups is 1. The smallest absolute Gasteiger partial charge is 0.317 e. The van der Waals surface area contributed by atoms with Crippen LogP contribution in [0, 0.1) is 13.8 Å². The molecule has 0 aliphatic carbocycles. The molecule has 2 amide bonds. The molecule has 0 bridgehead atoms. The Morgan fingerprint density at radius 2 is 2.28 bits per heavy atom. The lowest BCUT2D eigenvalue weighted by molar-refractivity contribution is 0.200. The second-order valence-corrected chi connectivity index (χ2v) is 6.86. The van der Waals surface area contributed by atoms with Crippen molar-refractivity contribution in [1.29, 1.82) is 0 Å². The monoisotopic (exact) mass is 345 g/mol. The Kier molecular flexibility index (Phi) is 5.01. The van der Waals surface area contributed by atoms with Crippen molar-refractivity contribution in [2.45, 2.75) is 39.3 Å². The van der Waals surface area contributed by atoms with Gasteiger partial charge in [-0.1, -0.05) is 0 Å². The molecule has 1 aliphatic heterocycles. The summed E-state index contributed by atoms with van der Waals surface area (Å²) in [5.74, 6) is 1.97. The van der Waals surface area contributed by atoms with Crippen LogP contribution < -0.4 is 10.2 Å². The molecule has 1 fully saturated rings.